The van der Waals surface area contributed by atoms with Crippen molar-refractivity contribution in [2.75, 3.05) is 19.7 Å². The highest BCUT2D eigenvalue weighted by molar-refractivity contribution is 5.76. The van der Waals surface area contributed by atoms with E-state index in [0.29, 0.717) is 32.5 Å². The maximum atomic E-state index is 12.1. The Morgan fingerprint density at radius 3 is 2.90 bits per heavy atom. The van der Waals surface area contributed by atoms with E-state index in [2.05, 4.69) is 0 Å². The second kappa shape index (κ2) is 6.75. The van der Waals surface area contributed by atoms with E-state index in [1.54, 1.807) is 0 Å². The minimum atomic E-state index is -0.276. The average molecular weight is 277 g/mol. The maximum absolute atomic E-state index is 12.1. The van der Waals surface area contributed by atoms with Crippen LogP contribution in [0.5, 0.6) is 5.75 Å². The third-order valence-corrected chi connectivity index (χ3v) is 3.88. The molecule has 2 unspecified atom stereocenters. The largest absolute Gasteiger partial charge is 0.493 e. The Morgan fingerprint density at radius 1 is 1.45 bits per heavy atom. The van der Waals surface area contributed by atoms with Gasteiger partial charge in [0.1, 0.15) is 5.75 Å². The third-order valence-electron chi connectivity index (χ3n) is 3.88. The van der Waals surface area contributed by atoms with Crippen LogP contribution in [0.4, 0.5) is 0 Å². The Labute approximate surface area is 120 Å². The number of hydrogen-bond acceptors (Lipinski definition) is 3. The molecule has 2 rings (SSSR count). The Kier molecular flexibility index (Phi) is 5.01. The van der Waals surface area contributed by atoms with Crippen LogP contribution in [0.2, 0.25) is 0 Å². The number of carbonyl (C=O) groups is 1. The van der Waals surface area contributed by atoms with E-state index in [4.69, 9.17) is 4.74 Å². The number of amides is 1. The monoisotopic (exact) mass is 277 g/mol. The van der Waals surface area contributed by atoms with Crippen LogP contribution in [0.3, 0.4) is 0 Å². The summed E-state index contributed by atoms with van der Waals surface area (Å²) >= 11 is 0. The zero-order valence-corrected chi connectivity index (χ0v) is 12.2. The first-order valence-electron chi connectivity index (χ1n) is 7.22. The summed E-state index contributed by atoms with van der Waals surface area (Å²) < 4.78 is 5.65. The molecule has 0 spiro atoms. The molecule has 0 radical (unpaired) electrons. The van der Waals surface area contributed by atoms with E-state index < -0.39 is 0 Å². The molecular formula is C16H23NO3. The summed E-state index contributed by atoms with van der Waals surface area (Å²) in [4.78, 5) is 13.9. The standard InChI is InChI=1S/C16H23NO3/c1-12-5-3-4-6-15(12)20-10-8-16(19)17-9-7-14(18)13(2)11-17/h3-6,13-14,18H,7-11H2,1-2H3. The van der Waals surface area contributed by atoms with Crippen molar-refractivity contribution in [1.82, 2.24) is 4.90 Å². The van der Waals surface area contributed by atoms with Gasteiger partial charge < -0.3 is 14.7 Å². The number of para-hydroxylation sites is 1. The topological polar surface area (TPSA) is 49.8 Å². The molecule has 1 aromatic carbocycles. The average Bonchev–Trinajstić information content (AvgIpc) is 2.44. The van der Waals surface area contributed by atoms with Crippen molar-refractivity contribution >= 4 is 5.91 Å². The van der Waals surface area contributed by atoms with Gasteiger partial charge >= 0.3 is 0 Å². The number of aryl methyl sites for hydroxylation is 1. The van der Waals surface area contributed by atoms with Crippen LogP contribution < -0.4 is 4.74 Å². The minimum absolute atomic E-state index is 0.109. The van der Waals surface area contributed by atoms with Crippen LogP contribution in [0, 0.1) is 12.8 Å². The number of carbonyl (C=O) groups excluding carboxylic acids is 1. The second-order valence-corrected chi connectivity index (χ2v) is 5.54. The number of nitrogens with zero attached hydrogens (tertiary/aromatic N) is 1. The Balaban J connectivity index is 1.77. The van der Waals surface area contributed by atoms with Crippen LogP contribution in [0.25, 0.3) is 0 Å². The molecular weight excluding hydrogens is 254 g/mol. The fourth-order valence-electron chi connectivity index (χ4n) is 2.48. The molecule has 1 saturated heterocycles. The lowest BCUT2D eigenvalue weighted by Gasteiger charge is -2.34. The quantitative estimate of drug-likeness (QED) is 0.915. The van der Waals surface area contributed by atoms with Gasteiger partial charge in [-0.15, -0.1) is 0 Å². The van der Waals surface area contributed by atoms with E-state index in [9.17, 15) is 9.90 Å². The number of benzene rings is 1. The van der Waals surface area contributed by atoms with Crippen LogP contribution in [-0.2, 0) is 4.79 Å². The fraction of sp³-hybridized carbons (Fsp3) is 0.562. The minimum Gasteiger partial charge on any atom is -0.493 e. The van der Waals surface area contributed by atoms with Crippen molar-refractivity contribution < 1.29 is 14.6 Å². The normalized spacial score (nSPS) is 22.6. The molecule has 20 heavy (non-hydrogen) atoms. The maximum Gasteiger partial charge on any atom is 0.226 e. The Bertz CT molecular complexity index is 461. The lowest BCUT2D eigenvalue weighted by molar-refractivity contribution is -0.135. The van der Waals surface area contributed by atoms with Crippen LogP contribution in [0.1, 0.15) is 25.3 Å². The van der Waals surface area contributed by atoms with Gasteiger partial charge in [-0.1, -0.05) is 25.1 Å². The highest BCUT2D eigenvalue weighted by Gasteiger charge is 2.26. The summed E-state index contributed by atoms with van der Waals surface area (Å²) in [5, 5.41) is 9.67. The summed E-state index contributed by atoms with van der Waals surface area (Å²) in [6.07, 6.45) is 0.783. The molecule has 2 atom stereocenters. The smallest absolute Gasteiger partial charge is 0.226 e. The van der Waals surface area contributed by atoms with Gasteiger partial charge in [0, 0.05) is 13.1 Å². The molecule has 1 aromatic rings. The van der Waals surface area contributed by atoms with Crippen molar-refractivity contribution in [2.24, 2.45) is 5.92 Å². The van der Waals surface area contributed by atoms with E-state index in [0.717, 1.165) is 11.3 Å². The zero-order chi connectivity index (χ0) is 14.5. The zero-order valence-electron chi connectivity index (χ0n) is 12.2. The molecule has 0 bridgehead atoms. The summed E-state index contributed by atoms with van der Waals surface area (Å²) in [6, 6.07) is 7.80. The lowest BCUT2D eigenvalue weighted by Crippen LogP contribution is -2.45. The SMILES string of the molecule is Cc1ccccc1OCCC(=O)N1CCC(O)C(C)C1. The number of hydrogen-bond donors (Lipinski definition) is 1. The number of rotatable bonds is 4. The highest BCUT2D eigenvalue weighted by Crippen LogP contribution is 2.18. The van der Waals surface area contributed by atoms with E-state index in [1.165, 1.54) is 0 Å². The molecule has 1 N–H and O–H groups in total. The first kappa shape index (κ1) is 14.9. The van der Waals surface area contributed by atoms with Gasteiger partial charge in [0.25, 0.3) is 0 Å². The lowest BCUT2D eigenvalue weighted by atomic mass is 9.96. The van der Waals surface area contributed by atoms with E-state index in [-0.39, 0.29) is 17.9 Å². The second-order valence-electron chi connectivity index (χ2n) is 5.54. The summed E-state index contributed by atoms with van der Waals surface area (Å²) in [6.45, 7) is 5.66. The predicted octanol–water partition coefficient (Wildman–Crippen LogP) is 1.99. The summed E-state index contributed by atoms with van der Waals surface area (Å²) in [5.74, 6) is 1.10. The van der Waals surface area contributed by atoms with Gasteiger partial charge in [0.2, 0.25) is 5.91 Å². The van der Waals surface area contributed by atoms with Gasteiger partial charge in [-0.2, -0.15) is 0 Å². The molecule has 4 heteroatoms. The Morgan fingerprint density at radius 2 is 2.20 bits per heavy atom. The molecule has 0 aromatic heterocycles. The molecule has 1 fully saturated rings. The van der Waals surface area contributed by atoms with Gasteiger partial charge in [0.15, 0.2) is 0 Å². The number of piperidine rings is 1. The number of aliphatic hydroxyl groups is 1. The molecule has 0 saturated carbocycles. The predicted molar refractivity (Wildman–Crippen MR) is 77.7 cm³/mol. The molecule has 1 aliphatic heterocycles. The van der Waals surface area contributed by atoms with Gasteiger partial charge in [0.05, 0.1) is 19.1 Å². The molecule has 1 heterocycles. The van der Waals surface area contributed by atoms with Crippen LogP contribution in [0.15, 0.2) is 24.3 Å². The van der Waals surface area contributed by atoms with Crippen molar-refractivity contribution in [3.63, 3.8) is 0 Å². The third kappa shape index (κ3) is 3.73. The Hall–Kier alpha value is -1.55. The fourth-order valence-corrected chi connectivity index (χ4v) is 2.48. The molecule has 4 nitrogen and oxygen atoms in total. The van der Waals surface area contributed by atoms with E-state index >= 15 is 0 Å². The molecule has 0 aliphatic carbocycles. The molecule has 110 valence electrons. The molecule has 1 amide bonds. The van der Waals surface area contributed by atoms with Gasteiger partial charge in [-0.3, -0.25) is 4.79 Å². The summed E-state index contributed by atoms with van der Waals surface area (Å²) in [7, 11) is 0. The van der Waals surface area contributed by atoms with Crippen molar-refractivity contribution in [1.29, 1.82) is 0 Å². The number of likely N-dealkylation sites (tertiary alicyclic amines) is 1. The highest BCUT2D eigenvalue weighted by atomic mass is 16.5. The van der Waals surface area contributed by atoms with Gasteiger partial charge in [-0.05, 0) is 30.9 Å². The van der Waals surface area contributed by atoms with Crippen LogP contribution >= 0.6 is 0 Å². The van der Waals surface area contributed by atoms with Gasteiger partial charge in [-0.25, -0.2) is 0 Å². The van der Waals surface area contributed by atoms with E-state index in [1.807, 2.05) is 43.0 Å². The first-order chi connectivity index (χ1) is 9.58. The number of ether oxygens (including phenoxy) is 1. The van der Waals surface area contributed by atoms with Crippen molar-refractivity contribution in [2.45, 2.75) is 32.8 Å². The number of aliphatic hydroxyl groups excluding tert-OH is 1. The van der Waals surface area contributed by atoms with Crippen molar-refractivity contribution in [3.8, 4) is 5.75 Å². The summed E-state index contributed by atoms with van der Waals surface area (Å²) in [5.41, 5.74) is 1.08. The van der Waals surface area contributed by atoms with Crippen molar-refractivity contribution in [3.05, 3.63) is 29.8 Å². The van der Waals surface area contributed by atoms with Crippen LogP contribution in [-0.4, -0.2) is 41.7 Å². The molecule has 1 aliphatic rings. The first-order valence-corrected chi connectivity index (χ1v) is 7.22.